The number of carboxylic acid groups (broad SMARTS) is 1. The Hall–Kier alpha value is -2.85. The minimum atomic E-state index is -1.19. The number of carboxylic acids is 1. The molecule has 8 N–H and O–H groups in total. The molecule has 31 heavy (non-hydrogen) atoms. The highest BCUT2D eigenvalue weighted by Crippen LogP contribution is 2.10. The lowest BCUT2D eigenvalue weighted by Crippen LogP contribution is -2.56. The van der Waals surface area contributed by atoms with E-state index in [0.717, 1.165) is 0 Å². The van der Waals surface area contributed by atoms with E-state index in [9.17, 15) is 24.3 Å². The molecule has 0 radical (unpaired) electrons. The van der Waals surface area contributed by atoms with Crippen molar-refractivity contribution in [1.82, 2.24) is 16.0 Å². The van der Waals surface area contributed by atoms with Gasteiger partial charge in [-0.2, -0.15) is 0 Å². The first-order valence-electron chi connectivity index (χ1n) is 10.5. The van der Waals surface area contributed by atoms with Crippen LogP contribution < -0.4 is 27.4 Å². The fourth-order valence-electron chi connectivity index (χ4n) is 2.96. The second-order valence-corrected chi connectivity index (χ2v) is 8.42. The van der Waals surface area contributed by atoms with Gasteiger partial charge in [-0.05, 0) is 37.5 Å². The Balaban J connectivity index is 5.25. The molecular formula is C20H38N6O5. The molecule has 0 aliphatic carbocycles. The lowest BCUT2D eigenvalue weighted by atomic mass is 9.99. The van der Waals surface area contributed by atoms with Gasteiger partial charge >= 0.3 is 5.97 Å². The second kappa shape index (κ2) is 14.2. The van der Waals surface area contributed by atoms with E-state index >= 15 is 0 Å². The van der Waals surface area contributed by atoms with Gasteiger partial charge < -0.3 is 32.5 Å². The number of carbonyl (C=O) groups is 4. The molecule has 11 heteroatoms. The van der Waals surface area contributed by atoms with Crippen molar-refractivity contribution in [2.24, 2.45) is 28.3 Å². The number of nitrogens with one attached hydrogen (secondary N) is 3. The molecule has 0 heterocycles. The summed E-state index contributed by atoms with van der Waals surface area (Å²) in [5.74, 6) is -2.51. The third-order valence-electron chi connectivity index (χ3n) is 4.30. The molecule has 11 nitrogen and oxygen atoms in total. The summed E-state index contributed by atoms with van der Waals surface area (Å²) in [6, 6.07) is -2.86. The van der Waals surface area contributed by atoms with Crippen molar-refractivity contribution in [2.75, 3.05) is 6.54 Å². The Morgan fingerprint density at radius 3 is 1.68 bits per heavy atom. The Kier molecular flexibility index (Phi) is 12.9. The van der Waals surface area contributed by atoms with E-state index in [2.05, 4.69) is 20.9 Å². The standard InChI is InChI=1S/C20H38N6O5/c1-11(2)9-15(24-13(5)27)17(28)26-16(10-12(3)4)18(29)25-14(19(30)31)7-6-8-23-20(21)22/h11-12,14-16H,6-10H2,1-5H3,(H,24,27)(H,25,29)(H,26,28)(H,30,31)(H4,21,22,23). The van der Waals surface area contributed by atoms with E-state index in [1.165, 1.54) is 6.92 Å². The highest BCUT2D eigenvalue weighted by Gasteiger charge is 2.29. The highest BCUT2D eigenvalue weighted by molar-refractivity contribution is 5.93. The van der Waals surface area contributed by atoms with E-state index in [4.69, 9.17) is 11.5 Å². The molecule has 0 aliphatic heterocycles. The third kappa shape index (κ3) is 13.1. The number of aliphatic carboxylic acids is 1. The summed E-state index contributed by atoms with van der Waals surface area (Å²) in [6.07, 6.45) is 1.20. The highest BCUT2D eigenvalue weighted by atomic mass is 16.4. The molecular weight excluding hydrogens is 404 g/mol. The van der Waals surface area contributed by atoms with Crippen LogP contribution >= 0.6 is 0 Å². The summed E-state index contributed by atoms with van der Waals surface area (Å²) in [6.45, 7) is 9.16. The predicted molar refractivity (Wildman–Crippen MR) is 118 cm³/mol. The maximum atomic E-state index is 12.8. The summed E-state index contributed by atoms with van der Waals surface area (Å²) >= 11 is 0. The molecule has 0 bridgehead atoms. The second-order valence-electron chi connectivity index (χ2n) is 8.42. The average Bonchev–Trinajstić information content (AvgIpc) is 2.61. The number of hydrogen-bond acceptors (Lipinski definition) is 5. The lowest BCUT2D eigenvalue weighted by Gasteiger charge is -2.26. The van der Waals surface area contributed by atoms with Crippen LogP contribution in [0.5, 0.6) is 0 Å². The van der Waals surface area contributed by atoms with Crippen LogP contribution in [0.4, 0.5) is 0 Å². The Morgan fingerprint density at radius 2 is 1.29 bits per heavy atom. The largest absolute Gasteiger partial charge is 0.480 e. The average molecular weight is 443 g/mol. The van der Waals surface area contributed by atoms with Crippen LogP contribution in [0.2, 0.25) is 0 Å². The maximum absolute atomic E-state index is 12.8. The monoisotopic (exact) mass is 442 g/mol. The Bertz CT molecular complexity index is 646. The van der Waals surface area contributed by atoms with Gasteiger partial charge in [0, 0.05) is 13.5 Å². The number of aliphatic imine (C=N–C) groups is 1. The SMILES string of the molecule is CC(=O)NC(CC(C)C)C(=O)NC(CC(C)C)C(=O)NC(CCCN=C(N)N)C(=O)O. The van der Waals surface area contributed by atoms with Crippen LogP contribution in [-0.4, -0.2) is 59.4 Å². The molecule has 0 aromatic rings. The molecule has 0 rings (SSSR count). The maximum Gasteiger partial charge on any atom is 0.326 e. The summed E-state index contributed by atoms with van der Waals surface area (Å²) in [4.78, 5) is 52.3. The summed E-state index contributed by atoms with van der Waals surface area (Å²) < 4.78 is 0. The number of guanidine groups is 1. The third-order valence-corrected chi connectivity index (χ3v) is 4.30. The minimum absolute atomic E-state index is 0.0607. The molecule has 3 atom stereocenters. The zero-order valence-electron chi connectivity index (χ0n) is 19.1. The van der Waals surface area contributed by atoms with Crippen molar-refractivity contribution in [2.45, 2.75) is 78.4 Å². The molecule has 0 fully saturated rings. The van der Waals surface area contributed by atoms with Gasteiger partial charge in [0.2, 0.25) is 17.7 Å². The van der Waals surface area contributed by atoms with Crippen LogP contribution in [0.1, 0.15) is 60.3 Å². The normalized spacial score (nSPS) is 13.8. The van der Waals surface area contributed by atoms with E-state index < -0.39 is 35.9 Å². The van der Waals surface area contributed by atoms with Gasteiger partial charge in [-0.1, -0.05) is 27.7 Å². The minimum Gasteiger partial charge on any atom is -0.480 e. The number of rotatable bonds is 14. The zero-order chi connectivity index (χ0) is 24.1. The van der Waals surface area contributed by atoms with Crippen LogP contribution in [0.25, 0.3) is 0 Å². The Morgan fingerprint density at radius 1 is 0.839 bits per heavy atom. The van der Waals surface area contributed by atoms with Gasteiger partial charge in [0.05, 0.1) is 0 Å². The molecule has 0 saturated heterocycles. The summed E-state index contributed by atoms with van der Waals surface area (Å²) in [5, 5.41) is 17.2. The van der Waals surface area contributed by atoms with Gasteiger partial charge in [-0.15, -0.1) is 0 Å². The molecule has 0 aromatic carbocycles. The van der Waals surface area contributed by atoms with Crippen molar-refractivity contribution in [3.63, 3.8) is 0 Å². The van der Waals surface area contributed by atoms with E-state index in [0.29, 0.717) is 19.3 Å². The Labute approximate surface area is 183 Å². The lowest BCUT2D eigenvalue weighted by molar-refractivity contribution is -0.142. The van der Waals surface area contributed by atoms with Gasteiger partial charge in [0.1, 0.15) is 18.1 Å². The molecule has 0 spiro atoms. The van der Waals surface area contributed by atoms with Crippen LogP contribution in [-0.2, 0) is 19.2 Å². The van der Waals surface area contributed by atoms with Crippen LogP contribution in [0.15, 0.2) is 4.99 Å². The molecule has 178 valence electrons. The number of amides is 3. The topological polar surface area (TPSA) is 189 Å². The fourth-order valence-corrected chi connectivity index (χ4v) is 2.96. The van der Waals surface area contributed by atoms with Gasteiger partial charge in [-0.25, -0.2) is 4.79 Å². The quantitative estimate of drug-likeness (QED) is 0.121. The van der Waals surface area contributed by atoms with Crippen molar-refractivity contribution in [1.29, 1.82) is 0 Å². The zero-order valence-corrected chi connectivity index (χ0v) is 19.1. The van der Waals surface area contributed by atoms with Gasteiger partial charge in [0.15, 0.2) is 5.96 Å². The van der Waals surface area contributed by atoms with Crippen molar-refractivity contribution in [3.05, 3.63) is 0 Å². The van der Waals surface area contributed by atoms with Gasteiger partial charge in [-0.3, -0.25) is 19.4 Å². The van der Waals surface area contributed by atoms with Gasteiger partial charge in [0.25, 0.3) is 0 Å². The smallest absolute Gasteiger partial charge is 0.326 e. The molecule has 0 aromatic heterocycles. The van der Waals surface area contributed by atoms with Crippen LogP contribution in [0.3, 0.4) is 0 Å². The van der Waals surface area contributed by atoms with E-state index in [1.54, 1.807) is 0 Å². The predicted octanol–water partition coefficient (Wildman–Crippen LogP) is -0.309. The first-order valence-corrected chi connectivity index (χ1v) is 10.5. The fraction of sp³-hybridized carbons (Fsp3) is 0.750. The first kappa shape index (κ1) is 28.1. The van der Waals surface area contributed by atoms with Crippen molar-refractivity contribution < 1.29 is 24.3 Å². The summed E-state index contributed by atoms with van der Waals surface area (Å²) in [5.41, 5.74) is 10.5. The number of nitrogens with two attached hydrogens (primary N) is 2. The van der Waals surface area contributed by atoms with Crippen molar-refractivity contribution in [3.8, 4) is 0 Å². The molecule has 0 saturated carbocycles. The van der Waals surface area contributed by atoms with Crippen LogP contribution in [0, 0.1) is 11.8 Å². The van der Waals surface area contributed by atoms with E-state index in [-0.39, 0.29) is 36.7 Å². The molecule has 3 amide bonds. The van der Waals surface area contributed by atoms with E-state index in [1.807, 2.05) is 27.7 Å². The number of carbonyl (C=O) groups excluding carboxylic acids is 3. The number of hydrogen-bond donors (Lipinski definition) is 6. The summed E-state index contributed by atoms with van der Waals surface area (Å²) in [7, 11) is 0. The molecule has 3 unspecified atom stereocenters. The molecule has 0 aliphatic rings. The number of nitrogens with zero attached hydrogens (tertiary/aromatic N) is 1. The van der Waals surface area contributed by atoms with Crippen molar-refractivity contribution >= 4 is 29.7 Å². The first-order chi connectivity index (χ1) is 14.3.